The molecule has 1 N–H and O–H groups in total. The number of hydrogen-bond acceptors (Lipinski definition) is 6. The van der Waals surface area contributed by atoms with Crippen molar-refractivity contribution >= 4 is 5.78 Å². The molecule has 2 aliphatic rings. The van der Waals surface area contributed by atoms with E-state index in [4.69, 9.17) is 9.47 Å². The number of morpholine rings is 1. The van der Waals surface area contributed by atoms with E-state index in [1.165, 1.54) is 19.3 Å². The van der Waals surface area contributed by atoms with Gasteiger partial charge in [-0.25, -0.2) is 0 Å². The van der Waals surface area contributed by atoms with Gasteiger partial charge >= 0.3 is 0 Å². The number of Topliss-reactive ketones (excluding diaryl/α,β-unsaturated/α-hetero) is 1. The molecule has 0 bridgehead atoms. The number of aliphatic hydroxyl groups excluding tert-OH is 1. The number of benzene rings is 1. The Hall–Kier alpha value is -1.47. The lowest BCUT2D eigenvalue weighted by atomic mass is 9.93. The van der Waals surface area contributed by atoms with Gasteiger partial charge in [0.25, 0.3) is 0 Å². The van der Waals surface area contributed by atoms with Crippen LogP contribution >= 0.6 is 0 Å². The Morgan fingerprint density at radius 3 is 2.48 bits per heavy atom. The highest BCUT2D eigenvalue weighted by atomic mass is 16.5. The normalized spacial score (nSPS) is 19.5. The number of β-amino-alcohol motifs (C(OH)–C–C–N with tert-alkyl or cyclic N) is 1. The van der Waals surface area contributed by atoms with Crippen LogP contribution in [0.2, 0.25) is 0 Å². The molecule has 3 rings (SSSR count). The van der Waals surface area contributed by atoms with Crippen LogP contribution in [0.1, 0.15) is 66.9 Å². The number of likely N-dealkylation sites (tertiary alicyclic amines) is 1. The summed E-state index contributed by atoms with van der Waals surface area (Å²) in [7, 11) is 0. The molecule has 0 aliphatic carbocycles. The Labute approximate surface area is 187 Å². The summed E-state index contributed by atoms with van der Waals surface area (Å²) in [5, 5.41) is 10.5. The van der Waals surface area contributed by atoms with Gasteiger partial charge in [-0.15, -0.1) is 0 Å². The second kappa shape index (κ2) is 12.0. The molecule has 2 fully saturated rings. The van der Waals surface area contributed by atoms with Crippen molar-refractivity contribution in [1.82, 2.24) is 9.80 Å². The summed E-state index contributed by atoms with van der Waals surface area (Å²) in [6.45, 7) is 13.3. The molecular weight excluding hydrogens is 392 g/mol. The number of nitrogens with zero attached hydrogens (tertiary/aromatic N) is 2. The second-order valence-electron chi connectivity index (χ2n) is 9.31. The van der Waals surface area contributed by atoms with E-state index in [1.807, 2.05) is 19.1 Å². The van der Waals surface area contributed by atoms with Crippen LogP contribution in [0.25, 0.3) is 0 Å². The van der Waals surface area contributed by atoms with Crippen molar-refractivity contribution in [2.75, 3.05) is 59.1 Å². The van der Waals surface area contributed by atoms with Crippen molar-refractivity contribution in [3.63, 3.8) is 0 Å². The number of aryl methyl sites for hydroxylation is 1. The molecule has 2 saturated heterocycles. The Bertz CT molecular complexity index is 710. The Morgan fingerprint density at radius 2 is 1.81 bits per heavy atom. The fourth-order valence-corrected chi connectivity index (χ4v) is 4.47. The summed E-state index contributed by atoms with van der Waals surface area (Å²) >= 11 is 0. The smallest absolute Gasteiger partial charge is 0.164 e. The third-order valence-corrected chi connectivity index (χ3v) is 6.39. The monoisotopic (exact) mass is 432 g/mol. The maximum absolute atomic E-state index is 12.9. The first kappa shape index (κ1) is 24.2. The van der Waals surface area contributed by atoms with Gasteiger partial charge in [-0.1, -0.05) is 20.3 Å². The van der Waals surface area contributed by atoms with Crippen molar-refractivity contribution in [3.05, 3.63) is 28.8 Å². The lowest BCUT2D eigenvalue weighted by Gasteiger charge is -2.28. The van der Waals surface area contributed by atoms with Crippen LogP contribution in [0.3, 0.4) is 0 Å². The molecule has 1 atom stereocenters. The minimum absolute atomic E-state index is 0.183. The van der Waals surface area contributed by atoms with Gasteiger partial charge in [0, 0.05) is 38.2 Å². The van der Waals surface area contributed by atoms with Crippen LogP contribution in [0, 0.1) is 6.92 Å². The molecule has 6 heteroatoms. The predicted octanol–water partition coefficient (Wildman–Crippen LogP) is 3.25. The van der Waals surface area contributed by atoms with E-state index in [0.717, 1.165) is 68.4 Å². The fourth-order valence-electron chi connectivity index (χ4n) is 4.47. The summed E-state index contributed by atoms with van der Waals surface area (Å²) in [5.74, 6) is 1.21. The van der Waals surface area contributed by atoms with Gasteiger partial charge in [-0.3, -0.25) is 9.69 Å². The van der Waals surface area contributed by atoms with Crippen molar-refractivity contribution in [2.24, 2.45) is 0 Å². The SMILES string of the molecule is Cc1cc(OCC(O)CN2CCCCC2)c(C(C)C)cc1C(=O)CCN1CCOCC1. The standard InChI is InChI=1S/C25H40N2O4/c1-19(2)22-16-23(24(29)7-10-26-11-13-30-14-12-26)20(3)15-25(22)31-18-21(28)17-27-8-5-4-6-9-27/h15-16,19,21,28H,4-14,17-18H2,1-3H3. The molecular formula is C25H40N2O4. The van der Waals surface area contributed by atoms with Gasteiger partial charge in [0.2, 0.25) is 0 Å². The first-order valence-electron chi connectivity index (χ1n) is 11.9. The highest BCUT2D eigenvalue weighted by Crippen LogP contribution is 2.31. The molecule has 0 aromatic heterocycles. The average Bonchev–Trinajstić information content (AvgIpc) is 2.77. The van der Waals surface area contributed by atoms with E-state index in [1.54, 1.807) is 0 Å². The molecule has 31 heavy (non-hydrogen) atoms. The number of rotatable bonds is 10. The number of piperidine rings is 1. The van der Waals surface area contributed by atoms with Crippen LogP contribution in [0.4, 0.5) is 0 Å². The van der Waals surface area contributed by atoms with Crippen LogP contribution in [0.5, 0.6) is 5.75 Å². The first-order valence-corrected chi connectivity index (χ1v) is 11.9. The fraction of sp³-hybridized carbons (Fsp3) is 0.720. The Balaban J connectivity index is 1.60. The van der Waals surface area contributed by atoms with Crippen LogP contribution < -0.4 is 4.74 Å². The molecule has 0 radical (unpaired) electrons. The molecule has 1 unspecified atom stereocenters. The lowest BCUT2D eigenvalue weighted by molar-refractivity contribution is 0.0370. The minimum atomic E-state index is -0.506. The number of hydrogen-bond donors (Lipinski definition) is 1. The van der Waals surface area contributed by atoms with Crippen LogP contribution in [0.15, 0.2) is 12.1 Å². The molecule has 0 amide bonds. The van der Waals surface area contributed by atoms with Crippen molar-refractivity contribution in [2.45, 2.75) is 58.5 Å². The van der Waals surface area contributed by atoms with E-state index in [0.29, 0.717) is 13.0 Å². The summed E-state index contributed by atoms with van der Waals surface area (Å²) < 4.78 is 11.4. The molecule has 2 heterocycles. The largest absolute Gasteiger partial charge is 0.491 e. The molecule has 0 saturated carbocycles. The molecule has 2 aliphatic heterocycles. The summed E-state index contributed by atoms with van der Waals surface area (Å²) in [5.41, 5.74) is 2.76. The highest BCUT2D eigenvalue weighted by Gasteiger charge is 2.20. The molecule has 6 nitrogen and oxygen atoms in total. The third kappa shape index (κ3) is 7.28. The predicted molar refractivity (Wildman–Crippen MR) is 123 cm³/mol. The zero-order chi connectivity index (χ0) is 22.2. The summed E-state index contributed by atoms with van der Waals surface area (Å²) in [4.78, 5) is 17.6. The Morgan fingerprint density at radius 1 is 1.10 bits per heavy atom. The lowest BCUT2D eigenvalue weighted by Crippen LogP contribution is -2.38. The van der Waals surface area contributed by atoms with Gasteiger partial charge in [0.05, 0.1) is 13.2 Å². The van der Waals surface area contributed by atoms with Crippen LogP contribution in [-0.4, -0.2) is 85.9 Å². The van der Waals surface area contributed by atoms with Crippen LogP contribution in [-0.2, 0) is 4.74 Å². The average molecular weight is 433 g/mol. The molecule has 1 aromatic rings. The van der Waals surface area contributed by atoms with Gasteiger partial charge in [0.15, 0.2) is 5.78 Å². The van der Waals surface area contributed by atoms with E-state index in [9.17, 15) is 9.90 Å². The second-order valence-corrected chi connectivity index (χ2v) is 9.31. The highest BCUT2D eigenvalue weighted by molar-refractivity contribution is 5.98. The van der Waals surface area contributed by atoms with Gasteiger partial charge in [-0.05, 0) is 62.0 Å². The molecule has 1 aromatic carbocycles. The number of carbonyl (C=O) groups is 1. The maximum Gasteiger partial charge on any atom is 0.164 e. The van der Waals surface area contributed by atoms with Gasteiger partial charge in [0.1, 0.15) is 18.5 Å². The number of ether oxygens (including phenoxy) is 2. The van der Waals surface area contributed by atoms with Crippen molar-refractivity contribution in [3.8, 4) is 5.75 Å². The summed E-state index contributed by atoms with van der Waals surface area (Å²) in [6, 6.07) is 3.99. The number of carbonyl (C=O) groups excluding carboxylic acids is 1. The van der Waals surface area contributed by atoms with Gasteiger partial charge in [-0.2, -0.15) is 0 Å². The maximum atomic E-state index is 12.9. The van der Waals surface area contributed by atoms with Crippen molar-refractivity contribution < 1.29 is 19.4 Å². The van der Waals surface area contributed by atoms with E-state index < -0.39 is 6.10 Å². The van der Waals surface area contributed by atoms with Gasteiger partial charge < -0.3 is 19.5 Å². The zero-order valence-corrected chi connectivity index (χ0v) is 19.6. The Kier molecular flexibility index (Phi) is 9.32. The minimum Gasteiger partial charge on any atom is -0.491 e. The van der Waals surface area contributed by atoms with E-state index in [2.05, 4.69) is 23.6 Å². The third-order valence-electron chi connectivity index (χ3n) is 6.39. The topological polar surface area (TPSA) is 62.2 Å². The van der Waals surface area contributed by atoms with Crippen molar-refractivity contribution in [1.29, 1.82) is 0 Å². The van der Waals surface area contributed by atoms with E-state index in [-0.39, 0.29) is 18.3 Å². The molecule has 0 spiro atoms. The number of ketones is 1. The van der Waals surface area contributed by atoms with E-state index >= 15 is 0 Å². The summed E-state index contributed by atoms with van der Waals surface area (Å²) in [6.07, 6.45) is 3.73. The zero-order valence-electron chi connectivity index (χ0n) is 19.6. The quantitative estimate of drug-likeness (QED) is 0.573. The first-order chi connectivity index (χ1) is 14.9. The number of aliphatic hydroxyl groups is 1. The molecule has 174 valence electrons.